The molecule has 1 fully saturated rings. The topological polar surface area (TPSA) is 81.8 Å². The number of H-pyrrole nitrogens is 1. The molecule has 4 heterocycles. The Balaban J connectivity index is 0.000000181. The van der Waals surface area contributed by atoms with Crippen molar-refractivity contribution in [1.29, 1.82) is 0 Å². The highest BCUT2D eigenvalue weighted by atomic mass is 35.5. The zero-order valence-corrected chi connectivity index (χ0v) is 22.3. The van der Waals surface area contributed by atoms with Gasteiger partial charge in [-0.3, -0.25) is 9.59 Å². The van der Waals surface area contributed by atoms with Crippen molar-refractivity contribution in [1.82, 2.24) is 19.8 Å². The number of carbonyl (C=O) groups is 2. The Labute approximate surface area is 224 Å². The van der Waals surface area contributed by atoms with Gasteiger partial charge in [-0.1, -0.05) is 17.7 Å². The van der Waals surface area contributed by atoms with Crippen molar-refractivity contribution in [2.75, 3.05) is 51.3 Å². The van der Waals surface area contributed by atoms with Crippen LogP contribution in [0, 0.1) is 18.6 Å². The van der Waals surface area contributed by atoms with E-state index >= 15 is 0 Å². The minimum Gasteiger partial charge on any atom is -0.480 e. The van der Waals surface area contributed by atoms with E-state index in [0.29, 0.717) is 72.3 Å². The van der Waals surface area contributed by atoms with Crippen LogP contribution < -0.4 is 9.64 Å². The molecule has 1 aromatic carbocycles. The molecule has 3 aromatic rings. The van der Waals surface area contributed by atoms with E-state index in [1.165, 1.54) is 20.1 Å². The maximum absolute atomic E-state index is 14.7. The molecule has 2 aromatic heterocycles. The first-order chi connectivity index (χ1) is 18.2. The van der Waals surface area contributed by atoms with Crippen molar-refractivity contribution in [3.05, 3.63) is 58.4 Å². The van der Waals surface area contributed by atoms with Gasteiger partial charge in [0.15, 0.2) is 5.82 Å². The van der Waals surface area contributed by atoms with Gasteiger partial charge in [0.1, 0.15) is 11.5 Å². The van der Waals surface area contributed by atoms with E-state index in [9.17, 15) is 18.4 Å². The van der Waals surface area contributed by atoms with Gasteiger partial charge in [-0.15, -0.1) is 0 Å². The fourth-order valence-electron chi connectivity index (χ4n) is 4.66. The lowest BCUT2D eigenvalue weighted by atomic mass is 9.99. The standard InChI is InChI=1S/C16H16ClFN2O.C11H14FN3O2/c1-9-6-13-14(17)7-12(15(18)16(13)19-9)11-4-3-5-20(8-11)10(2)21;1-17-11-10(6-9(12)7-13-11)15-4-2-14(8-16)3-5-15/h4,6-7,19H,3,5,8H2,1-2H3;6-8H,2-5H2,1H3. The Morgan fingerprint density at radius 1 is 1.16 bits per heavy atom. The van der Waals surface area contributed by atoms with Crippen LogP contribution in [-0.4, -0.2) is 78.5 Å². The minimum atomic E-state index is -0.390. The van der Waals surface area contributed by atoms with Gasteiger partial charge in [-0.05, 0) is 31.1 Å². The molecule has 1 saturated heterocycles. The number of ether oxygens (including phenoxy) is 1. The monoisotopic (exact) mass is 545 g/mol. The number of nitrogens with zero attached hydrogens (tertiary/aromatic N) is 4. The average molecular weight is 546 g/mol. The van der Waals surface area contributed by atoms with E-state index in [0.717, 1.165) is 30.3 Å². The van der Waals surface area contributed by atoms with E-state index in [1.807, 2.05) is 24.0 Å². The van der Waals surface area contributed by atoms with Crippen LogP contribution in [0.2, 0.25) is 5.02 Å². The Kier molecular flexibility index (Phi) is 8.51. The lowest BCUT2D eigenvalue weighted by Gasteiger charge is -2.34. The summed E-state index contributed by atoms with van der Waals surface area (Å²) in [4.78, 5) is 34.4. The van der Waals surface area contributed by atoms with E-state index in [4.69, 9.17) is 16.3 Å². The fraction of sp³-hybridized carbons (Fsp3) is 0.370. The number of aromatic amines is 1. The van der Waals surface area contributed by atoms with Crippen LogP contribution in [0.5, 0.6) is 5.88 Å². The smallest absolute Gasteiger partial charge is 0.237 e. The highest BCUT2D eigenvalue weighted by Gasteiger charge is 2.22. The second-order valence-corrected chi connectivity index (χ2v) is 9.64. The number of aromatic nitrogens is 2. The zero-order chi connectivity index (χ0) is 27.4. The molecule has 2 amide bonds. The Morgan fingerprint density at radius 3 is 2.55 bits per heavy atom. The predicted molar refractivity (Wildman–Crippen MR) is 143 cm³/mol. The van der Waals surface area contributed by atoms with Gasteiger partial charge < -0.3 is 24.4 Å². The maximum Gasteiger partial charge on any atom is 0.237 e. The number of amides is 2. The van der Waals surface area contributed by atoms with Gasteiger partial charge in [-0.2, -0.15) is 0 Å². The van der Waals surface area contributed by atoms with E-state index in [2.05, 4.69) is 9.97 Å². The zero-order valence-electron chi connectivity index (χ0n) is 21.6. The normalized spacial score (nSPS) is 15.6. The number of rotatable bonds is 4. The summed E-state index contributed by atoms with van der Waals surface area (Å²) in [6.45, 7) is 7.06. The lowest BCUT2D eigenvalue weighted by Crippen LogP contribution is -2.45. The molecule has 38 heavy (non-hydrogen) atoms. The van der Waals surface area contributed by atoms with E-state index in [1.54, 1.807) is 15.9 Å². The van der Waals surface area contributed by atoms with Crippen LogP contribution in [0.1, 0.15) is 24.6 Å². The molecule has 5 rings (SSSR count). The van der Waals surface area contributed by atoms with Gasteiger partial charge >= 0.3 is 0 Å². The first-order valence-electron chi connectivity index (χ1n) is 12.3. The Bertz CT molecular complexity index is 1370. The number of halogens is 3. The summed E-state index contributed by atoms with van der Waals surface area (Å²) >= 11 is 6.27. The number of fused-ring (bicyclic) bond motifs is 1. The number of carbonyl (C=O) groups excluding carboxylic acids is 2. The fourth-order valence-corrected chi connectivity index (χ4v) is 4.92. The molecule has 2 aliphatic heterocycles. The van der Waals surface area contributed by atoms with Gasteiger partial charge in [0.25, 0.3) is 0 Å². The molecular weight excluding hydrogens is 516 g/mol. The number of nitrogens with one attached hydrogen (secondary N) is 1. The van der Waals surface area contributed by atoms with Crippen LogP contribution in [0.3, 0.4) is 0 Å². The number of piperazine rings is 1. The number of methoxy groups -OCH3 is 1. The third-order valence-electron chi connectivity index (χ3n) is 6.68. The molecule has 0 radical (unpaired) electrons. The van der Waals surface area contributed by atoms with Gasteiger partial charge in [0.2, 0.25) is 18.2 Å². The summed E-state index contributed by atoms with van der Waals surface area (Å²) in [5.74, 6) is -0.285. The van der Waals surface area contributed by atoms with Crippen LogP contribution in [0.15, 0.2) is 30.5 Å². The van der Waals surface area contributed by atoms with Crippen LogP contribution in [0.25, 0.3) is 16.5 Å². The van der Waals surface area contributed by atoms with Crippen molar-refractivity contribution < 1.29 is 23.1 Å². The lowest BCUT2D eigenvalue weighted by molar-refractivity contribution is -0.128. The molecule has 0 saturated carbocycles. The van der Waals surface area contributed by atoms with Crippen molar-refractivity contribution in [2.24, 2.45) is 0 Å². The average Bonchev–Trinajstić information content (AvgIpc) is 3.33. The number of benzene rings is 1. The number of pyridine rings is 1. The third-order valence-corrected chi connectivity index (χ3v) is 6.99. The number of anilines is 1. The van der Waals surface area contributed by atoms with Crippen LogP contribution in [0.4, 0.5) is 14.5 Å². The van der Waals surface area contributed by atoms with Crippen LogP contribution >= 0.6 is 11.6 Å². The number of hydrogen-bond donors (Lipinski definition) is 1. The molecule has 0 bridgehead atoms. The predicted octanol–water partition coefficient (Wildman–Crippen LogP) is 4.41. The third kappa shape index (κ3) is 5.91. The second-order valence-electron chi connectivity index (χ2n) is 9.23. The second kappa shape index (κ2) is 11.8. The summed E-state index contributed by atoms with van der Waals surface area (Å²) in [6, 6.07) is 4.89. The molecule has 0 unspecified atom stereocenters. The molecule has 0 aliphatic carbocycles. The largest absolute Gasteiger partial charge is 0.480 e. The molecule has 8 nitrogen and oxygen atoms in total. The summed E-state index contributed by atoms with van der Waals surface area (Å²) in [5, 5.41) is 1.21. The van der Waals surface area contributed by atoms with Crippen molar-refractivity contribution >= 4 is 46.1 Å². The first kappa shape index (κ1) is 27.4. The molecule has 2 aliphatic rings. The quantitative estimate of drug-likeness (QED) is 0.491. The SMILES string of the molecule is CC(=O)N1CCC=C(c2cc(Cl)c3cc(C)[nH]c3c2F)C1.COc1ncc(F)cc1N1CCN(C=O)CC1. The highest BCUT2D eigenvalue weighted by Crippen LogP contribution is 2.34. The molecule has 11 heteroatoms. The summed E-state index contributed by atoms with van der Waals surface area (Å²) in [7, 11) is 1.51. The molecular formula is C27H30ClF2N5O3. The van der Waals surface area contributed by atoms with Crippen molar-refractivity contribution in [2.45, 2.75) is 20.3 Å². The number of aryl methyl sites for hydroxylation is 1. The van der Waals surface area contributed by atoms with Crippen LogP contribution in [-0.2, 0) is 9.59 Å². The maximum atomic E-state index is 14.7. The van der Waals surface area contributed by atoms with Crippen molar-refractivity contribution in [3.8, 4) is 5.88 Å². The van der Waals surface area contributed by atoms with Gasteiger partial charge in [-0.25, -0.2) is 13.8 Å². The minimum absolute atomic E-state index is 0.00361. The molecule has 202 valence electrons. The Hall–Kier alpha value is -3.66. The first-order valence-corrected chi connectivity index (χ1v) is 12.7. The summed E-state index contributed by atoms with van der Waals surface area (Å²) in [5.41, 5.74) is 3.21. The summed E-state index contributed by atoms with van der Waals surface area (Å²) in [6.07, 6.45) is 4.67. The highest BCUT2D eigenvalue weighted by molar-refractivity contribution is 6.35. The van der Waals surface area contributed by atoms with Gasteiger partial charge in [0, 0.05) is 68.9 Å². The number of hydrogen-bond acceptors (Lipinski definition) is 5. The van der Waals surface area contributed by atoms with E-state index in [-0.39, 0.29) is 11.7 Å². The Morgan fingerprint density at radius 2 is 1.89 bits per heavy atom. The molecule has 0 atom stereocenters. The van der Waals surface area contributed by atoms with E-state index < -0.39 is 5.82 Å². The van der Waals surface area contributed by atoms with Gasteiger partial charge in [0.05, 0.1) is 23.8 Å². The summed E-state index contributed by atoms with van der Waals surface area (Å²) < 4.78 is 33.0. The molecule has 1 N–H and O–H groups in total. The molecule has 0 spiro atoms. The van der Waals surface area contributed by atoms with Crippen molar-refractivity contribution in [3.63, 3.8) is 0 Å².